The molecule has 0 fully saturated rings. The molecule has 114 valence electrons. The third-order valence-electron chi connectivity index (χ3n) is 3.28. The number of aryl methyl sites for hydroxylation is 1. The number of carbonyl (C=O) groups excluding carboxylic acids is 1. The number of rotatable bonds is 9. The number of tetrazole rings is 1. The third kappa shape index (κ3) is 4.56. The molecule has 1 heterocycles. The van der Waals surface area contributed by atoms with Gasteiger partial charge in [0.15, 0.2) is 5.82 Å². The van der Waals surface area contributed by atoms with Gasteiger partial charge in [0.05, 0.1) is 13.2 Å². The molecule has 20 heavy (non-hydrogen) atoms. The Morgan fingerprint density at radius 2 is 2.15 bits per heavy atom. The highest BCUT2D eigenvalue weighted by molar-refractivity contribution is 5.76. The molecule has 0 amide bonds. The molecular formula is C13H25N5O2. The van der Waals surface area contributed by atoms with Crippen molar-refractivity contribution in [1.82, 2.24) is 25.5 Å². The van der Waals surface area contributed by atoms with Crippen molar-refractivity contribution in [3.8, 4) is 0 Å². The second-order valence-corrected chi connectivity index (χ2v) is 4.81. The third-order valence-corrected chi connectivity index (χ3v) is 3.28. The van der Waals surface area contributed by atoms with Gasteiger partial charge >= 0.3 is 5.97 Å². The zero-order valence-electron chi connectivity index (χ0n) is 12.8. The number of esters is 1. The second kappa shape index (κ2) is 8.63. The maximum Gasteiger partial charge on any atom is 0.323 e. The Hall–Kier alpha value is -1.50. The summed E-state index contributed by atoms with van der Waals surface area (Å²) in [6, 6.07) is -0.327. The molecule has 0 unspecified atom stereocenters. The van der Waals surface area contributed by atoms with Crippen molar-refractivity contribution in [1.29, 1.82) is 0 Å². The minimum absolute atomic E-state index is 0.199. The molecule has 1 aromatic rings. The molecule has 0 spiro atoms. The molecule has 0 bridgehead atoms. The molecule has 0 aliphatic rings. The van der Waals surface area contributed by atoms with Gasteiger partial charge in [0.25, 0.3) is 0 Å². The lowest BCUT2D eigenvalue weighted by Gasteiger charge is -2.22. The van der Waals surface area contributed by atoms with Gasteiger partial charge in [0.1, 0.15) is 6.04 Å². The predicted molar refractivity (Wildman–Crippen MR) is 74.8 cm³/mol. The number of hydrogen-bond donors (Lipinski definition) is 1. The first-order valence-electron chi connectivity index (χ1n) is 7.29. The van der Waals surface area contributed by atoms with Gasteiger partial charge in [0, 0.05) is 6.54 Å². The normalized spacial score (nSPS) is 14.0. The van der Waals surface area contributed by atoms with E-state index < -0.39 is 0 Å². The van der Waals surface area contributed by atoms with Crippen LogP contribution in [0, 0.1) is 5.92 Å². The van der Waals surface area contributed by atoms with E-state index in [-0.39, 0.29) is 17.9 Å². The molecule has 1 N–H and O–H groups in total. The summed E-state index contributed by atoms with van der Waals surface area (Å²) in [6.45, 7) is 9.59. The molecule has 0 aromatic carbocycles. The summed E-state index contributed by atoms with van der Waals surface area (Å²) < 4.78 is 6.87. The fourth-order valence-electron chi connectivity index (χ4n) is 1.92. The average molecular weight is 283 g/mol. The van der Waals surface area contributed by atoms with Crippen molar-refractivity contribution in [2.24, 2.45) is 5.92 Å². The summed E-state index contributed by atoms with van der Waals surface area (Å²) in [5.74, 6) is 0.727. The van der Waals surface area contributed by atoms with Crippen LogP contribution in [0.2, 0.25) is 0 Å². The average Bonchev–Trinajstić information content (AvgIpc) is 2.87. The van der Waals surface area contributed by atoms with Gasteiger partial charge < -0.3 is 4.74 Å². The van der Waals surface area contributed by atoms with Crippen molar-refractivity contribution in [3.63, 3.8) is 0 Å². The van der Waals surface area contributed by atoms with Gasteiger partial charge in [0.2, 0.25) is 0 Å². The van der Waals surface area contributed by atoms with Crippen LogP contribution < -0.4 is 5.32 Å². The first-order chi connectivity index (χ1) is 9.63. The van der Waals surface area contributed by atoms with Crippen LogP contribution in [-0.4, -0.2) is 38.8 Å². The largest absolute Gasteiger partial charge is 0.465 e. The van der Waals surface area contributed by atoms with Crippen LogP contribution in [-0.2, 0) is 22.6 Å². The molecule has 7 nitrogen and oxygen atoms in total. The fourth-order valence-corrected chi connectivity index (χ4v) is 1.92. The zero-order chi connectivity index (χ0) is 15.0. The van der Waals surface area contributed by atoms with E-state index in [2.05, 4.69) is 34.7 Å². The Labute approximate surface area is 120 Å². The van der Waals surface area contributed by atoms with E-state index in [9.17, 15) is 4.79 Å². The first-order valence-corrected chi connectivity index (χ1v) is 7.29. The molecule has 1 rings (SSSR count). The van der Waals surface area contributed by atoms with Crippen LogP contribution in [0.4, 0.5) is 0 Å². The second-order valence-electron chi connectivity index (χ2n) is 4.81. The van der Waals surface area contributed by atoms with Crippen LogP contribution in [0.3, 0.4) is 0 Å². The lowest BCUT2D eigenvalue weighted by Crippen LogP contribution is -2.43. The maximum atomic E-state index is 12.0. The molecule has 0 radical (unpaired) electrons. The smallest absolute Gasteiger partial charge is 0.323 e. The summed E-state index contributed by atoms with van der Waals surface area (Å²) in [4.78, 5) is 12.0. The van der Waals surface area contributed by atoms with Crippen LogP contribution in [0.1, 0.15) is 46.4 Å². The summed E-state index contributed by atoms with van der Waals surface area (Å²) >= 11 is 0. The number of ether oxygens (including phenoxy) is 1. The van der Waals surface area contributed by atoms with E-state index in [0.29, 0.717) is 13.2 Å². The highest BCUT2D eigenvalue weighted by atomic mass is 16.5. The minimum atomic E-state index is -0.327. The molecule has 7 heteroatoms. The molecule has 0 saturated heterocycles. The number of aromatic nitrogens is 4. The van der Waals surface area contributed by atoms with Crippen molar-refractivity contribution in [3.05, 3.63) is 5.82 Å². The van der Waals surface area contributed by atoms with Crippen molar-refractivity contribution < 1.29 is 9.53 Å². The first kappa shape index (κ1) is 16.6. The summed E-state index contributed by atoms with van der Waals surface area (Å²) in [7, 11) is 0. The van der Waals surface area contributed by atoms with E-state index in [1.165, 1.54) is 0 Å². The van der Waals surface area contributed by atoms with Crippen molar-refractivity contribution in [2.75, 3.05) is 6.61 Å². The highest BCUT2D eigenvalue weighted by Crippen LogP contribution is 2.10. The van der Waals surface area contributed by atoms with Crippen molar-refractivity contribution in [2.45, 2.75) is 59.7 Å². The van der Waals surface area contributed by atoms with Gasteiger partial charge in [-0.25, -0.2) is 4.68 Å². The van der Waals surface area contributed by atoms with Gasteiger partial charge in [-0.2, -0.15) is 0 Å². The standard InChI is InChI=1S/C13H25N5O2/c1-5-8-18-11(15-16-17-18)9-14-12(10(4)6-2)13(19)20-7-3/h10,12,14H,5-9H2,1-4H3/t10-,12+/m1/s1. The molecule has 0 aliphatic heterocycles. The molecule has 0 saturated carbocycles. The molecule has 0 aliphatic carbocycles. The summed E-state index contributed by atoms with van der Waals surface area (Å²) in [5.41, 5.74) is 0. The monoisotopic (exact) mass is 283 g/mol. The predicted octanol–water partition coefficient (Wildman–Crippen LogP) is 1.15. The highest BCUT2D eigenvalue weighted by Gasteiger charge is 2.25. The van der Waals surface area contributed by atoms with Crippen LogP contribution in [0.15, 0.2) is 0 Å². The van der Waals surface area contributed by atoms with E-state index in [1.54, 1.807) is 4.68 Å². The Morgan fingerprint density at radius 3 is 2.75 bits per heavy atom. The van der Waals surface area contributed by atoms with E-state index in [4.69, 9.17) is 4.74 Å². The van der Waals surface area contributed by atoms with Crippen molar-refractivity contribution >= 4 is 5.97 Å². The molecular weight excluding hydrogens is 258 g/mol. The maximum absolute atomic E-state index is 12.0. The number of nitrogens with one attached hydrogen (secondary N) is 1. The Morgan fingerprint density at radius 1 is 1.40 bits per heavy atom. The van der Waals surface area contributed by atoms with E-state index in [0.717, 1.165) is 25.2 Å². The van der Waals surface area contributed by atoms with Gasteiger partial charge in [-0.05, 0) is 29.7 Å². The quantitative estimate of drug-likeness (QED) is 0.685. The molecule has 1 aromatic heterocycles. The van der Waals surface area contributed by atoms with Crippen LogP contribution >= 0.6 is 0 Å². The van der Waals surface area contributed by atoms with Gasteiger partial charge in [-0.3, -0.25) is 10.1 Å². The zero-order valence-corrected chi connectivity index (χ0v) is 12.8. The Balaban J connectivity index is 2.65. The Kier molecular flexibility index (Phi) is 7.14. The van der Waals surface area contributed by atoms with E-state index in [1.807, 2.05) is 13.8 Å². The Bertz CT molecular complexity index is 407. The number of nitrogens with zero attached hydrogens (tertiary/aromatic N) is 4. The van der Waals surface area contributed by atoms with Gasteiger partial charge in [-0.1, -0.05) is 27.2 Å². The lowest BCUT2D eigenvalue weighted by molar-refractivity contribution is -0.147. The van der Waals surface area contributed by atoms with E-state index >= 15 is 0 Å². The topological polar surface area (TPSA) is 81.9 Å². The van der Waals surface area contributed by atoms with Crippen LogP contribution in [0.5, 0.6) is 0 Å². The lowest BCUT2D eigenvalue weighted by atomic mass is 9.99. The number of carbonyl (C=O) groups is 1. The van der Waals surface area contributed by atoms with Gasteiger partial charge in [-0.15, -0.1) is 5.10 Å². The summed E-state index contributed by atoms with van der Waals surface area (Å²) in [5, 5.41) is 14.8. The number of hydrogen-bond acceptors (Lipinski definition) is 6. The SMILES string of the molecule is CCCn1nnnc1CN[C@H](C(=O)OCC)[C@H](C)CC. The summed E-state index contributed by atoms with van der Waals surface area (Å²) in [6.07, 6.45) is 1.86. The molecule has 2 atom stereocenters. The van der Waals surface area contributed by atoms with Crippen LogP contribution in [0.25, 0.3) is 0 Å². The fraction of sp³-hybridized carbons (Fsp3) is 0.846. The minimum Gasteiger partial charge on any atom is -0.465 e.